The summed E-state index contributed by atoms with van der Waals surface area (Å²) in [5, 5.41) is 2.60. The molecule has 1 aromatic heterocycles. The van der Waals surface area contributed by atoms with E-state index in [0.717, 1.165) is 41.4 Å². The zero-order chi connectivity index (χ0) is 28.1. The van der Waals surface area contributed by atoms with Crippen LogP contribution in [0, 0.1) is 17.7 Å². The van der Waals surface area contributed by atoms with Gasteiger partial charge in [-0.1, -0.05) is 0 Å². The van der Waals surface area contributed by atoms with Crippen LogP contribution in [-0.2, 0) is 21.4 Å². The van der Waals surface area contributed by atoms with Crippen molar-refractivity contribution in [3.63, 3.8) is 0 Å². The predicted octanol–water partition coefficient (Wildman–Crippen LogP) is 3.88. The molecular weight excluding hydrogens is 547 g/mol. The van der Waals surface area contributed by atoms with E-state index < -0.39 is 58.0 Å². The number of hydrogen-bond donors (Lipinski definition) is 1. The number of halogens is 5. The molecule has 2 heterocycles. The summed E-state index contributed by atoms with van der Waals surface area (Å²) in [6.07, 6.45) is -4.52. The molecule has 14 heteroatoms. The lowest BCUT2D eigenvalue weighted by Gasteiger charge is -2.26. The Morgan fingerprint density at radius 3 is 2.46 bits per heavy atom. The molecule has 0 unspecified atom stereocenters. The van der Waals surface area contributed by atoms with Crippen LogP contribution < -0.4 is 10.1 Å². The van der Waals surface area contributed by atoms with Crippen molar-refractivity contribution in [3.8, 4) is 5.88 Å². The summed E-state index contributed by atoms with van der Waals surface area (Å²) in [4.78, 5) is 21.5. The molecule has 3 fully saturated rings. The Bertz CT molecular complexity index is 1340. The lowest BCUT2D eigenvalue weighted by molar-refractivity contribution is -0.151. The Balaban J connectivity index is 1.28. The van der Waals surface area contributed by atoms with Crippen molar-refractivity contribution < 1.29 is 39.9 Å². The zero-order valence-electron chi connectivity index (χ0n) is 20.9. The van der Waals surface area contributed by atoms with Gasteiger partial charge in [-0.25, -0.2) is 22.2 Å². The van der Waals surface area contributed by atoms with E-state index in [4.69, 9.17) is 4.74 Å². The topological polar surface area (TPSA) is 101 Å². The van der Waals surface area contributed by atoms with Gasteiger partial charge in [0.2, 0.25) is 21.8 Å². The summed E-state index contributed by atoms with van der Waals surface area (Å²) in [5.74, 6) is -2.76. The molecule has 1 amide bonds. The van der Waals surface area contributed by atoms with Crippen LogP contribution in [0.15, 0.2) is 35.2 Å². The second-order valence-corrected chi connectivity index (χ2v) is 12.1. The lowest BCUT2D eigenvalue weighted by atomic mass is 10.1. The average molecular weight is 575 g/mol. The van der Waals surface area contributed by atoms with Crippen LogP contribution in [0.5, 0.6) is 5.88 Å². The Labute approximate surface area is 222 Å². The number of aromatic nitrogens is 2. The van der Waals surface area contributed by atoms with Crippen molar-refractivity contribution in [2.24, 2.45) is 11.8 Å². The summed E-state index contributed by atoms with van der Waals surface area (Å²) >= 11 is 0. The first-order valence-corrected chi connectivity index (χ1v) is 14.1. The van der Waals surface area contributed by atoms with E-state index in [1.165, 1.54) is 13.0 Å². The first kappa shape index (κ1) is 27.7. The highest BCUT2D eigenvalue weighted by Gasteiger charge is 2.56. The first-order valence-electron chi connectivity index (χ1n) is 12.6. The summed E-state index contributed by atoms with van der Waals surface area (Å²) in [7, 11) is -4.32. The number of rotatable bonds is 9. The largest absolute Gasteiger partial charge is 0.477 e. The van der Waals surface area contributed by atoms with Gasteiger partial charge >= 0.3 is 6.18 Å². The van der Waals surface area contributed by atoms with Gasteiger partial charge < -0.3 is 10.1 Å². The van der Waals surface area contributed by atoms with Crippen LogP contribution in [0.25, 0.3) is 0 Å². The quantitative estimate of drug-likeness (QED) is 0.457. The van der Waals surface area contributed by atoms with Crippen molar-refractivity contribution >= 4 is 15.9 Å². The van der Waals surface area contributed by atoms with Gasteiger partial charge in [-0.3, -0.25) is 4.79 Å². The fraction of sp³-hybridized carbons (Fsp3) is 0.560. The Kier molecular flexibility index (Phi) is 7.29. The molecule has 2 aromatic rings. The highest BCUT2D eigenvalue weighted by atomic mass is 32.2. The third-order valence-corrected chi connectivity index (χ3v) is 9.33. The zero-order valence-corrected chi connectivity index (χ0v) is 21.7. The van der Waals surface area contributed by atoms with Crippen molar-refractivity contribution in [1.29, 1.82) is 0 Å². The number of alkyl halides is 4. The summed E-state index contributed by atoms with van der Waals surface area (Å²) in [6.45, 7) is 1.06. The SMILES string of the molecule is C[C@H]1[C@H](F)C[C@@H](C(=O)NCc2cc(OC[C@@H]3C[C@H]3C(F)(F)F)nc(C3CC3)n2)N1S(=O)(=O)c1ccc(F)cc1. The molecule has 3 aliphatic rings. The minimum atomic E-state index is -4.32. The molecule has 0 spiro atoms. The fourth-order valence-electron chi connectivity index (χ4n) is 4.80. The van der Waals surface area contributed by atoms with Gasteiger partial charge in [0.1, 0.15) is 23.9 Å². The average Bonchev–Trinajstić information content (AvgIpc) is 3.79. The van der Waals surface area contributed by atoms with E-state index >= 15 is 0 Å². The van der Waals surface area contributed by atoms with E-state index in [9.17, 15) is 35.2 Å². The molecule has 5 atom stereocenters. The van der Waals surface area contributed by atoms with E-state index in [1.807, 2.05) is 0 Å². The molecule has 212 valence electrons. The second-order valence-electron chi connectivity index (χ2n) is 10.3. The third-order valence-electron chi connectivity index (χ3n) is 7.32. The minimum Gasteiger partial charge on any atom is -0.477 e. The number of nitrogens with one attached hydrogen (secondary N) is 1. The Morgan fingerprint density at radius 2 is 1.85 bits per heavy atom. The highest BCUT2D eigenvalue weighted by molar-refractivity contribution is 7.89. The molecule has 1 saturated heterocycles. The van der Waals surface area contributed by atoms with Crippen molar-refractivity contribution in [3.05, 3.63) is 47.7 Å². The number of amides is 1. The molecule has 0 radical (unpaired) electrons. The number of carbonyl (C=O) groups excluding carboxylic acids is 1. The molecule has 5 rings (SSSR count). The first-order chi connectivity index (χ1) is 18.3. The number of nitrogens with zero attached hydrogens (tertiary/aromatic N) is 3. The van der Waals surface area contributed by atoms with Crippen LogP contribution in [0.4, 0.5) is 22.0 Å². The monoisotopic (exact) mass is 574 g/mol. The maximum atomic E-state index is 14.7. The molecule has 0 bridgehead atoms. The van der Waals surface area contributed by atoms with E-state index in [2.05, 4.69) is 15.3 Å². The van der Waals surface area contributed by atoms with Crippen LogP contribution in [0.3, 0.4) is 0 Å². The van der Waals surface area contributed by atoms with Gasteiger partial charge in [-0.15, -0.1) is 0 Å². The Morgan fingerprint density at radius 1 is 1.15 bits per heavy atom. The van der Waals surface area contributed by atoms with Gasteiger partial charge in [0.25, 0.3) is 0 Å². The van der Waals surface area contributed by atoms with Crippen molar-refractivity contribution in [2.45, 2.75) is 74.4 Å². The number of ether oxygens (including phenoxy) is 1. The Hall–Kier alpha value is -2.87. The van der Waals surface area contributed by atoms with Crippen LogP contribution in [0.1, 0.15) is 50.0 Å². The number of sulfonamides is 1. The van der Waals surface area contributed by atoms with Crippen molar-refractivity contribution in [1.82, 2.24) is 19.6 Å². The molecular formula is C25H27F5N4O4S. The normalized spacial score (nSPS) is 27.4. The molecule has 8 nitrogen and oxygen atoms in total. The maximum absolute atomic E-state index is 14.7. The molecule has 1 N–H and O–H groups in total. The molecule has 1 aromatic carbocycles. The van der Waals surface area contributed by atoms with Gasteiger partial charge in [0.05, 0.1) is 35.7 Å². The van der Waals surface area contributed by atoms with E-state index in [0.29, 0.717) is 11.5 Å². The van der Waals surface area contributed by atoms with Gasteiger partial charge in [-0.2, -0.15) is 22.5 Å². The highest BCUT2D eigenvalue weighted by Crippen LogP contribution is 2.50. The lowest BCUT2D eigenvalue weighted by Crippen LogP contribution is -2.48. The predicted molar refractivity (Wildman–Crippen MR) is 127 cm³/mol. The van der Waals surface area contributed by atoms with Gasteiger partial charge in [-0.05, 0) is 50.5 Å². The van der Waals surface area contributed by atoms with Gasteiger partial charge in [0.15, 0.2) is 0 Å². The summed E-state index contributed by atoms with van der Waals surface area (Å²) in [5.41, 5.74) is 0.328. The number of hydrogen-bond acceptors (Lipinski definition) is 6. The summed E-state index contributed by atoms with van der Waals surface area (Å²) in [6, 6.07) is 2.98. The second kappa shape index (κ2) is 10.3. The maximum Gasteiger partial charge on any atom is 0.392 e. The van der Waals surface area contributed by atoms with Gasteiger partial charge in [0, 0.05) is 24.3 Å². The number of benzene rings is 1. The van der Waals surface area contributed by atoms with E-state index in [-0.39, 0.29) is 42.7 Å². The smallest absolute Gasteiger partial charge is 0.392 e. The standard InChI is InChI=1S/C25H27F5N4O4S/c1-13-20(27)10-21(34(13)39(36,37)18-6-4-16(26)5-7-18)24(35)31-11-17-9-22(33-23(32-17)14-2-3-14)38-12-15-8-19(15)25(28,29)30/h4-7,9,13-15,19-21H,2-3,8,10-12H2,1H3,(H,31,35)/t13-,15-,19+,20+,21-/m0/s1. The molecule has 1 aliphatic heterocycles. The van der Waals surface area contributed by atoms with E-state index in [1.54, 1.807) is 0 Å². The molecule has 2 saturated carbocycles. The third kappa shape index (κ3) is 6.01. The number of carbonyl (C=O) groups is 1. The fourth-order valence-corrected chi connectivity index (χ4v) is 6.61. The molecule has 2 aliphatic carbocycles. The minimum absolute atomic E-state index is 0.000311. The van der Waals surface area contributed by atoms with Crippen LogP contribution in [-0.4, -0.2) is 59.6 Å². The van der Waals surface area contributed by atoms with Crippen molar-refractivity contribution in [2.75, 3.05) is 6.61 Å². The summed E-state index contributed by atoms with van der Waals surface area (Å²) < 4.78 is 99.3. The molecule has 39 heavy (non-hydrogen) atoms. The van der Waals surface area contributed by atoms with Crippen LogP contribution >= 0.6 is 0 Å². The van der Waals surface area contributed by atoms with Crippen LogP contribution in [0.2, 0.25) is 0 Å².